The Balaban J connectivity index is 1.52. The number of aryl methyl sites for hydroxylation is 1. The van der Waals surface area contributed by atoms with Crippen LogP contribution in [-0.2, 0) is 7.05 Å². The van der Waals surface area contributed by atoms with Crippen LogP contribution in [-0.4, -0.2) is 29.6 Å². The monoisotopic (exact) mass is 376 g/mol. The number of H-pyrrole nitrogens is 1. The number of aromatic nitrogens is 6. The number of benzene rings is 1. The van der Waals surface area contributed by atoms with E-state index in [2.05, 4.69) is 20.4 Å². The van der Waals surface area contributed by atoms with Crippen molar-refractivity contribution in [1.82, 2.24) is 29.6 Å². The molecule has 0 amide bonds. The summed E-state index contributed by atoms with van der Waals surface area (Å²) in [6.45, 7) is 1.89. The fourth-order valence-corrected chi connectivity index (χ4v) is 3.46. The van der Waals surface area contributed by atoms with Gasteiger partial charge < -0.3 is 4.74 Å². The summed E-state index contributed by atoms with van der Waals surface area (Å²) in [5, 5.41) is 16.6. The lowest BCUT2D eigenvalue weighted by Gasteiger charge is -2.16. The summed E-state index contributed by atoms with van der Waals surface area (Å²) in [4.78, 5) is 0. The van der Waals surface area contributed by atoms with E-state index >= 15 is 0 Å². The van der Waals surface area contributed by atoms with Crippen LogP contribution in [0.15, 0.2) is 55.1 Å². The zero-order valence-electron chi connectivity index (χ0n) is 15.3. The molecule has 0 bridgehead atoms. The molecule has 1 aromatic carbocycles. The molecule has 0 saturated carbocycles. The molecule has 0 spiro atoms. The summed E-state index contributed by atoms with van der Waals surface area (Å²) in [6.07, 6.45) is 6.25. The van der Waals surface area contributed by atoms with Gasteiger partial charge in [-0.1, -0.05) is 6.07 Å². The van der Waals surface area contributed by atoms with Crippen molar-refractivity contribution in [1.29, 1.82) is 0 Å². The Kier molecular flexibility index (Phi) is 3.65. The lowest BCUT2D eigenvalue weighted by atomic mass is 10.1. The molecule has 1 atom stereocenters. The van der Waals surface area contributed by atoms with Gasteiger partial charge in [-0.3, -0.25) is 9.78 Å². The summed E-state index contributed by atoms with van der Waals surface area (Å²) in [7, 11) is 1.87. The van der Waals surface area contributed by atoms with Crippen LogP contribution in [0, 0.1) is 5.82 Å². The maximum Gasteiger partial charge on any atom is 0.169 e. The number of ether oxygens (including phenoxy) is 1. The Morgan fingerprint density at radius 3 is 2.89 bits per heavy atom. The predicted octanol–water partition coefficient (Wildman–Crippen LogP) is 3.89. The van der Waals surface area contributed by atoms with E-state index < -0.39 is 0 Å². The number of hydrogen-bond acceptors (Lipinski definition) is 4. The number of rotatable bonds is 4. The van der Waals surface area contributed by atoms with E-state index in [1.165, 1.54) is 10.7 Å². The number of hydrogen-bond donors (Lipinski definition) is 1. The lowest BCUT2D eigenvalue weighted by molar-refractivity contribution is 0.228. The molecule has 0 aliphatic carbocycles. The van der Waals surface area contributed by atoms with Gasteiger partial charge >= 0.3 is 0 Å². The van der Waals surface area contributed by atoms with E-state index in [1.807, 2.05) is 50.5 Å². The van der Waals surface area contributed by atoms with Gasteiger partial charge in [-0.05, 0) is 31.2 Å². The van der Waals surface area contributed by atoms with E-state index in [4.69, 9.17) is 4.74 Å². The molecule has 0 aliphatic rings. The van der Waals surface area contributed by atoms with Gasteiger partial charge in [0, 0.05) is 36.0 Å². The molecule has 0 aliphatic heterocycles. The highest BCUT2D eigenvalue weighted by Crippen LogP contribution is 2.32. The van der Waals surface area contributed by atoms with E-state index in [0.29, 0.717) is 11.3 Å². The highest BCUT2D eigenvalue weighted by molar-refractivity contribution is 5.93. The first-order valence-corrected chi connectivity index (χ1v) is 8.86. The second-order valence-electron chi connectivity index (χ2n) is 6.69. The summed E-state index contributed by atoms with van der Waals surface area (Å²) < 4.78 is 23.5. The summed E-state index contributed by atoms with van der Waals surface area (Å²) in [5.41, 5.74) is 3.80. The second-order valence-corrected chi connectivity index (χ2v) is 6.69. The molecule has 0 fully saturated rings. The number of nitrogens with zero attached hydrogens (tertiary/aromatic N) is 5. The van der Waals surface area contributed by atoms with Crippen molar-refractivity contribution >= 4 is 16.4 Å². The van der Waals surface area contributed by atoms with E-state index in [1.54, 1.807) is 17.1 Å². The minimum Gasteiger partial charge on any atom is -0.486 e. The van der Waals surface area contributed by atoms with Crippen molar-refractivity contribution in [2.75, 3.05) is 0 Å². The Morgan fingerprint density at radius 2 is 2.07 bits per heavy atom. The van der Waals surface area contributed by atoms with Crippen LogP contribution in [0.3, 0.4) is 0 Å². The average molecular weight is 376 g/mol. The summed E-state index contributed by atoms with van der Waals surface area (Å²) >= 11 is 0. The van der Waals surface area contributed by atoms with Gasteiger partial charge in [0.05, 0.1) is 17.9 Å². The van der Waals surface area contributed by atoms with Crippen molar-refractivity contribution in [3.8, 4) is 17.0 Å². The van der Waals surface area contributed by atoms with E-state index in [9.17, 15) is 4.39 Å². The maximum absolute atomic E-state index is 14.2. The van der Waals surface area contributed by atoms with Gasteiger partial charge in [-0.2, -0.15) is 15.3 Å². The number of nitrogens with one attached hydrogen (secondary N) is 1. The molecular weight excluding hydrogens is 359 g/mol. The number of fused-ring (bicyclic) bond motifs is 2. The molecule has 1 unspecified atom stereocenters. The van der Waals surface area contributed by atoms with E-state index in [-0.39, 0.29) is 11.9 Å². The van der Waals surface area contributed by atoms with Crippen molar-refractivity contribution in [2.45, 2.75) is 13.0 Å². The van der Waals surface area contributed by atoms with Crippen molar-refractivity contribution < 1.29 is 9.13 Å². The molecule has 4 heterocycles. The standard InChI is InChI=1S/C20H17FN6O/c1-12(15-4-3-7-27-20(15)17(21)10-23-27)28-14-5-6-18-16(8-14)19(25-24-18)13-9-22-26(2)11-13/h3-12H,1-2H3,(H,24,25). The molecule has 28 heavy (non-hydrogen) atoms. The lowest BCUT2D eigenvalue weighted by Crippen LogP contribution is -2.05. The minimum atomic E-state index is -0.366. The van der Waals surface area contributed by atoms with Gasteiger partial charge in [-0.15, -0.1) is 0 Å². The third-order valence-electron chi connectivity index (χ3n) is 4.79. The van der Waals surface area contributed by atoms with Crippen molar-refractivity contribution in [3.05, 3.63) is 66.5 Å². The molecule has 5 aromatic rings. The highest BCUT2D eigenvalue weighted by atomic mass is 19.1. The summed E-state index contributed by atoms with van der Waals surface area (Å²) in [6, 6.07) is 9.41. The van der Waals surface area contributed by atoms with Crippen molar-refractivity contribution in [2.24, 2.45) is 7.05 Å². The molecular formula is C20H17FN6O. The fourth-order valence-electron chi connectivity index (χ4n) is 3.46. The van der Waals surface area contributed by atoms with Gasteiger partial charge in [-0.25, -0.2) is 8.91 Å². The first kappa shape index (κ1) is 16.5. The molecule has 5 rings (SSSR count). The van der Waals surface area contributed by atoms with Crippen LogP contribution in [0.2, 0.25) is 0 Å². The number of aromatic amines is 1. The molecule has 1 N–H and O–H groups in total. The van der Waals surface area contributed by atoms with Crippen LogP contribution in [0.25, 0.3) is 27.7 Å². The molecule has 8 heteroatoms. The summed E-state index contributed by atoms with van der Waals surface area (Å²) in [5.74, 6) is 0.309. The largest absolute Gasteiger partial charge is 0.486 e. The normalized spacial score (nSPS) is 12.7. The fraction of sp³-hybridized carbons (Fsp3) is 0.150. The third kappa shape index (κ3) is 2.61. The zero-order valence-corrected chi connectivity index (χ0v) is 15.3. The Bertz CT molecular complexity index is 1300. The molecule has 0 radical (unpaired) electrons. The number of halogens is 1. The maximum atomic E-state index is 14.2. The second kappa shape index (κ2) is 6.19. The van der Waals surface area contributed by atoms with Crippen molar-refractivity contribution in [3.63, 3.8) is 0 Å². The van der Waals surface area contributed by atoms with Crippen LogP contribution in [0.5, 0.6) is 5.75 Å². The van der Waals surface area contributed by atoms with Gasteiger partial charge in [0.15, 0.2) is 5.82 Å². The quantitative estimate of drug-likeness (QED) is 0.516. The molecule has 4 aromatic heterocycles. The van der Waals surface area contributed by atoms with Gasteiger partial charge in [0.2, 0.25) is 0 Å². The van der Waals surface area contributed by atoms with Crippen LogP contribution in [0.4, 0.5) is 4.39 Å². The molecule has 140 valence electrons. The Morgan fingerprint density at radius 1 is 1.18 bits per heavy atom. The SMILES string of the molecule is CC(Oc1ccc2[nH]nc(-c3cnn(C)c3)c2c1)c1cccn2ncc(F)c12. The smallest absolute Gasteiger partial charge is 0.169 e. The average Bonchev–Trinajstić information content (AvgIpc) is 3.40. The first-order chi connectivity index (χ1) is 13.6. The van der Waals surface area contributed by atoms with Crippen LogP contribution >= 0.6 is 0 Å². The van der Waals surface area contributed by atoms with Crippen LogP contribution < -0.4 is 4.74 Å². The topological polar surface area (TPSA) is 73.0 Å². The minimum absolute atomic E-state index is 0.360. The third-order valence-corrected chi connectivity index (χ3v) is 4.79. The number of pyridine rings is 1. The molecule has 7 nitrogen and oxygen atoms in total. The predicted molar refractivity (Wildman–Crippen MR) is 102 cm³/mol. The van der Waals surface area contributed by atoms with Gasteiger partial charge in [0.1, 0.15) is 23.1 Å². The van der Waals surface area contributed by atoms with Gasteiger partial charge in [0.25, 0.3) is 0 Å². The zero-order chi connectivity index (χ0) is 19.3. The Labute approximate surface area is 159 Å². The Hall–Kier alpha value is -3.68. The van der Waals surface area contributed by atoms with E-state index in [0.717, 1.165) is 27.7 Å². The highest BCUT2D eigenvalue weighted by Gasteiger charge is 2.17. The molecule has 0 saturated heterocycles. The first-order valence-electron chi connectivity index (χ1n) is 8.86. The van der Waals surface area contributed by atoms with Crippen LogP contribution in [0.1, 0.15) is 18.6 Å².